The number of benzene rings is 1. The van der Waals surface area contributed by atoms with Gasteiger partial charge in [0, 0.05) is 10.3 Å². The zero-order valence-electron chi connectivity index (χ0n) is 9.77. The molecule has 0 aliphatic carbocycles. The summed E-state index contributed by atoms with van der Waals surface area (Å²) in [5, 5.41) is 0. The van der Waals surface area contributed by atoms with Gasteiger partial charge in [0.2, 0.25) is 14.2 Å². The first-order valence-electron chi connectivity index (χ1n) is 5.10. The lowest BCUT2D eigenvalue weighted by atomic mass is 10.2. The molecule has 4 heteroatoms. The maximum absolute atomic E-state index is 5.80. The molecule has 2 nitrogen and oxygen atoms in total. The molecule has 0 atom stereocenters. The van der Waals surface area contributed by atoms with Gasteiger partial charge in [0.15, 0.2) is 0 Å². The van der Waals surface area contributed by atoms with Gasteiger partial charge in [-0.3, -0.25) is 0 Å². The maximum atomic E-state index is 5.80. The van der Waals surface area contributed by atoms with Crippen molar-refractivity contribution in [3.8, 4) is 0 Å². The zero-order chi connectivity index (χ0) is 12.0. The largest absolute Gasteiger partial charge is 0.531 e. The molecule has 16 heavy (non-hydrogen) atoms. The lowest BCUT2D eigenvalue weighted by Gasteiger charge is -2.18. The molecule has 0 unspecified atom stereocenters. The van der Waals surface area contributed by atoms with Gasteiger partial charge in [-0.05, 0) is 47.8 Å². The van der Waals surface area contributed by atoms with Gasteiger partial charge in [-0.25, -0.2) is 4.99 Å². The number of hydrogen-bond donors (Lipinski definition) is 0. The Kier molecular flexibility index (Phi) is 5.21. The highest BCUT2D eigenvalue weighted by molar-refractivity contribution is 14.1. The summed E-state index contributed by atoms with van der Waals surface area (Å²) in [5.74, 6) is 0.698. The van der Waals surface area contributed by atoms with Gasteiger partial charge < -0.3 is 4.43 Å². The molecule has 1 aromatic carbocycles. The van der Waals surface area contributed by atoms with E-state index in [-0.39, 0.29) is 0 Å². The molecule has 0 radical (unpaired) electrons. The third-order valence-corrected chi connectivity index (χ3v) is 3.00. The highest BCUT2D eigenvalue weighted by Crippen LogP contribution is 2.13. The van der Waals surface area contributed by atoms with E-state index in [1.807, 2.05) is 40.6 Å². The highest BCUT2D eigenvalue weighted by atomic mass is 127. The van der Waals surface area contributed by atoms with Crippen molar-refractivity contribution in [1.29, 1.82) is 0 Å². The quantitative estimate of drug-likeness (QED) is 0.347. The van der Waals surface area contributed by atoms with E-state index in [0.717, 1.165) is 5.56 Å². The summed E-state index contributed by atoms with van der Waals surface area (Å²) in [6.45, 7) is 6.43. The van der Waals surface area contributed by atoms with Crippen molar-refractivity contribution in [2.45, 2.75) is 19.6 Å². The number of aliphatic imine (C=N–C) groups is 1. The molecule has 0 N–H and O–H groups in total. The molecule has 0 aliphatic heterocycles. The molecule has 1 aromatic rings. The molecule has 0 saturated carbocycles. The molecule has 0 spiro atoms. The molecular formula is C12H16INOSi. The summed E-state index contributed by atoms with van der Waals surface area (Å²) in [6, 6.07) is 10.0. The van der Waals surface area contributed by atoms with Crippen LogP contribution in [0.15, 0.2) is 45.3 Å². The smallest absolute Gasteiger partial charge is 0.244 e. The molecule has 0 bridgehead atoms. The van der Waals surface area contributed by atoms with Crippen molar-refractivity contribution < 1.29 is 4.43 Å². The summed E-state index contributed by atoms with van der Waals surface area (Å²) < 4.78 is 7.67. The van der Waals surface area contributed by atoms with E-state index in [4.69, 9.17) is 4.43 Å². The monoisotopic (exact) mass is 345 g/mol. The molecule has 1 rings (SSSR count). The van der Waals surface area contributed by atoms with E-state index in [0.29, 0.717) is 5.88 Å². The van der Waals surface area contributed by atoms with Crippen LogP contribution in [-0.4, -0.2) is 14.5 Å². The molecule has 0 heterocycles. The van der Waals surface area contributed by atoms with Crippen LogP contribution in [0.1, 0.15) is 5.56 Å². The van der Waals surface area contributed by atoms with Crippen LogP contribution in [-0.2, 0) is 4.43 Å². The van der Waals surface area contributed by atoms with Crippen molar-refractivity contribution >= 4 is 37.1 Å². The second-order valence-electron chi connectivity index (χ2n) is 4.33. The minimum atomic E-state index is -1.57. The predicted octanol–water partition coefficient (Wildman–Crippen LogP) is 4.19. The lowest BCUT2D eigenvalue weighted by molar-refractivity contribution is 0.420. The average Bonchev–Trinajstić information content (AvgIpc) is 2.24. The SMILES string of the molecule is C[Si](C)(C)OC(=C\I)/N=C/c1ccccc1. The van der Waals surface area contributed by atoms with Crippen molar-refractivity contribution in [1.82, 2.24) is 0 Å². The van der Waals surface area contributed by atoms with E-state index >= 15 is 0 Å². The van der Waals surface area contributed by atoms with Crippen molar-refractivity contribution in [3.05, 3.63) is 45.9 Å². The topological polar surface area (TPSA) is 21.6 Å². The van der Waals surface area contributed by atoms with E-state index < -0.39 is 8.32 Å². The van der Waals surface area contributed by atoms with Crippen LogP contribution in [0.25, 0.3) is 0 Å². The van der Waals surface area contributed by atoms with Gasteiger partial charge in [0.05, 0.1) is 0 Å². The van der Waals surface area contributed by atoms with Crippen LogP contribution in [0, 0.1) is 0 Å². The predicted molar refractivity (Wildman–Crippen MR) is 80.6 cm³/mol. The number of rotatable bonds is 4. The van der Waals surface area contributed by atoms with Crippen molar-refractivity contribution in [2.24, 2.45) is 4.99 Å². The fraction of sp³-hybridized carbons (Fsp3) is 0.250. The molecule has 0 aliphatic rings. The van der Waals surface area contributed by atoms with Gasteiger partial charge in [-0.1, -0.05) is 30.3 Å². The molecule has 0 fully saturated rings. The van der Waals surface area contributed by atoms with Crippen LogP contribution in [0.2, 0.25) is 19.6 Å². The molecule has 86 valence electrons. The van der Waals surface area contributed by atoms with Crippen LogP contribution in [0.3, 0.4) is 0 Å². The second kappa shape index (κ2) is 6.20. The van der Waals surface area contributed by atoms with E-state index in [2.05, 4.69) is 47.2 Å². The molecule has 0 amide bonds. The Morgan fingerprint density at radius 3 is 2.38 bits per heavy atom. The minimum Gasteiger partial charge on any atom is -0.531 e. The summed E-state index contributed by atoms with van der Waals surface area (Å²) >= 11 is 2.15. The average molecular weight is 345 g/mol. The van der Waals surface area contributed by atoms with Crippen molar-refractivity contribution in [3.63, 3.8) is 0 Å². The Bertz CT molecular complexity index is 382. The summed E-state index contributed by atoms with van der Waals surface area (Å²) in [4.78, 5) is 4.34. The van der Waals surface area contributed by atoms with E-state index in [9.17, 15) is 0 Å². The van der Waals surface area contributed by atoms with Gasteiger partial charge in [-0.2, -0.15) is 0 Å². The summed E-state index contributed by atoms with van der Waals surface area (Å²) in [6.07, 6.45) is 1.82. The molecule has 0 saturated heterocycles. The van der Waals surface area contributed by atoms with Gasteiger partial charge >= 0.3 is 0 Å². The van der Waals surface area contributed by atoms with E-state index in [1.165, 1.54) is 0 Å². The second-order valence-corrected chi connectivity index (χ2v) is 9.38. The normalized spacial score (nSPS) is 13.1. The number of hydrogen-bond acceptors (Lipinski definition) is 2. The summed E-state index contributed by atoms with van der Waals surface area (Å²) in [5.41, 5.74) is 1.08. The van der Waals surface area contributed by atoms with Crippen LogP contribution in [0.4, 0.5) is 0 Å². The van der Waals surface area contributed by atoms with Crippen molar-refractivity contribution in [2.75, 3.05) is 0 Å². The van der Waals surface area contributed by atoms with Gasteiger partial charge in [0.1, 0.15) is 0 Å². The number of halogens is 1. The summed E-state index contributed by atoms with van der Waals surface area (Å²) in [7, 11) is -1.57. The van der Waals surface area contributed by atoms with E-state index in [1.54, 1.807) is 0 Å². The Balaban J connectivity index is 2.69. The van der Waals surface area contributed by atoms with Crippen LogP contribution >= 0.6 is 22.6 Å². The Labute approximate surface area is 112 Å². The number of nitrogens with zero attached hydrogens (tertiary/aromatic N) is 1. The molecular weight excluding hydrogens is 329 g/mol. The first-order valence-corrected chi connectivity index (χ1v) is 9.75. The zero-order valence-corrected chi connectivity index (χ0v) is 12.9. The highest BCUT2D eigenvalue weighted by Gasteiger charge is 2.16. The molecule has 0 aromatic heterocycles. The first-order chi connectivity index (χ1) is 7.51. The Hall–Kier alpha value is -0.623. The van der Waals surface area contributed by atoms with Crippen LogP contribution < -0.4 is 0 Å². The Morgan fingerprint density at radius 1 is 1.25 bits per heavy atom. The standard InChI is InChI=1S/C12H16INOSi/c1-16(2,3)15-12(9-13)14-10-11-7-5-4-6-8-11/h4-10H,1-3H3/b12-9-,14-10+. The maximum Gasteiger partial charge on any atom is 0.244 e. The van der Waals surface area contributed by atoms with Gasteiger partial charge in [0.25, 0.3) is 0 Å². The Morgan fingerprint density at radius 2 is 1.88 bits per heavy atom. The lowest BCUT2D eigenvalue weighted by Crippen LogP contribution is -2.24. The van der Waals surface area contributed by atoms with Crippen LogP contribution in [0.5, 0.6) is 0 Å². The fourth-order valence-corrected chi connectivity index (χ4v) is 2.33. The third-order valence-electron chi connectivity index (χ3n) is 1.64. The fourth-order valence-electron chi connectivity index (χ4n) is 1.07. The van der Waals surface area contributed by atoms with Gasteiger partial charge in [-0.15, -0.1) is 0 Å². The third kappa shape index (κ3) is 5.46. The first kappa shape index (κ1) is 13.4. The minimum absolute atomic E-state index is 0.698.